The SMILES string of the molecule is CC(CCOc1ccc(F)cc1[C@@H](C)N)Nc1c(F)cnc2ccc(Cl)nc12. The van der Waals surface area contributed by atoms with Gasteiger partial charge in [-0.15, -0.1) is 0 Å². The van der Waals surface area contributed by atoms with E-state index in [4.69, 9.17) is 22.1 Å². The second-order valence-electron chi connectivity index (χ2n) is 6.64. The van der Waals surface area contributed by atoms with E-state index in [0.29, 0.717) is 35.4 Å². The number of nitrogens with two attached hydrogens (primary N) is 1. The summed E-state index contributed by atoms with van der Waals surface area (Å²) in [6.45, 7) is 4.01. The van der Waals surface area contributed by atoms with E-state index in [9.17, 15) is 8.78 Å². The number of benzene rings is 1. The molecule has 8 heteroatoms. The number of anilines is 1. The Balaban J connectivity index is 1.67. The lowest BCUT2D eigenvalue weighted by Crippen LogP contribution is -2.20. The highest BCUT2D eigenvalue weighted by Gasteiger charge is 2.14. The number of aromatic nitrogens is 2. The predicted octanol–water partition coefficient (Wildman–Crippen LogP) is 4.85. The lowest BCUT2D eigenvalue weighted by Gasteiger charge is -2.18. The van der Waals surface area contributed by atoms with Crippen molar-refractivity contribution < 1.29 is 13.5 Å². The van der Waals surface area contributed by atoms with Crippen molar-refractivity contribution in [3.8, 4) is 5.75 Å². The van der Waals surface area contributed by atoms with Crippen LogP contribution in [0.1, 0.15) is 31.9 Å². The lowest BCUT2D eigenvalue weighted by atomic mass is 10.1. The molecule has 1 unspecified atom stereocenters. The zero-order valence-corrected chi connectivity index (χ0v) is 16.3. The van der Waals surface area contributed by atoms with Crippen LogP contribution < -0.4 is 15.8 Å². The predicted molar refractivity (Wildman–Crippen MR) is 107 cm³/mol. The van der Waals surface area contributed by atoms with Gasteiger partial charge in [-0.3, -0.25) is 4.98 Å². The molecular weight excluding hydrogens is 386 g/mol. The summed E-state index contributed by atoms with van der Waals surface area (Å²) in [7, 11) is 0. The second-order valence-corrected chi connectivity index (χ2v) is 7.02. The van der Waals surface area contributed by atoms with Crippen molar-refractivity contribution in [1.29, 1.82) is 0 Å². The number of fused-ring (bicyclic) bond motifs is 1. The summed E-state index contributed by atoms with van der Waals surface area (Å²) in [5.74, 6) is -0.328. The second kappa shape index (κ2) is 8.67. The highest BCUT2D eigenvalue weighted by molar-refractivity contribution is 6.29. The number of rotatable bonds is 7. The Hall–Kier alpha value is -2.51. The standard InChI is InChI=1S/C20H21ClF2N4O/c1-11(7-8-28-17-5-3-13(22)9-14(17)12(2)24)26-19-15(23)10-25-16-4-6-18(21)27-20(16)19/h3-6,9-12H,7-8,24H2,1-2H3,(H,25,26)/t11?,12-/m1/s1. The topological polar surface area (TPSA) is 73.1 Å². The Kier molecular flexibility index (Phi) is 6.26. The molecule has 0 spiro atoms. The van der Waals surface area contributed by atoms with Gasteiger partial charge in [-0.2, -0.15) is 0 Å². The summed E-state index contributed by atoms with van der Waals surface area (Å²) >= 11 is 5.94. The molecule has 0 amide bonds. The van der Waals surface area contributed by atoms with Gasteiger partial charge in [-0.25, -0.2) is 13.8 Å². The fourth-order valence-electron chi connectivity index (χ4n) is 2.83. The van der Waals surface area contributed by atoms with Gasteiger partial charge in [0.25, 0.3) is 0 Å². The number of ether oxygens (including phenoxy) is 1. The zero-order valence-electron chi connectivity index (χ0n) is 15.5. The first-order chi connectivity index (χ1) is 13.3. The molecule has 2 atom stereocenters. The molecule has 0 aliphatic rings. The molecule has 3 N–H and O–H groups in total. The van der Waals surface area contributed by atoms with Gasteiger partial charge in [0.05, 0.1) is 18.3 Å². The monoisotopic (exact) mass is 406 g/mol. The van der Waals surface area contributed by atoms with Gasteiger partial charge >= 0.3 is 0 Å². The number of hydrogen-bond donors (Lipinski definition) is 2. The Labute approximate surface area is 166 Å². The van der Waals surface area contributed by atoms with Gasteiger partial charge in [-0.05, 0) is 44.2 Å². The van der Waals surface area contributed by atoms with E-state index in [1.165, 1.54) is 12.1 Å². The zero-order chi connectivity index (χ0) is 20.3. The summed E-state index contributed by atoms with van der Waals surface area (Å²) in [5.41, 5.74) is 7.64. The maximum Gasteiger partial charge on any atom is 0.166 e. The van der Waals surface area contributed by atoms with Crippen LogP contribution in [0.5, 0.6) is 5.75 Å². The van der Waals surface area contributed by atoms with E-state index in [-0.39, 0.29) is 28.7 Å². The Morgan fingerprint density at radius 3 is 2.75 bits per heavy atom. The smallest absolute Gasteiger partial charge is 0.166 e. The van der Waals surface area contributed by atoms with Crippen LogP contribution in [0.4, 0.5) is 14.5 Å². The van der Waals surface area contributed by atoms with Crippen LogP contribution in [-0.4, -0.2) is 22.6 Å². The molecule has 28 heavy (non-hydrogen) atoms. The minimum absolute atomic E-state index is 0.125. The van der Waals surface area contributed by atoms with Gasteiger partial charge < -0.3 is 15.8 Å². The third-order valence-electron chi connectivity index (χ3n) is 4.29. The van der Waals surface area contributed by atoms with Gasteiger partial charge in [0.15, 0.2) is 5.82 Å². The summed E-state index contributed by atoms with van der Waals surface area (Å²) in [6, 6.07) is 7.08. The molecule has 0 saturated carbocycles. The number of pyridine rings is 2. The van der Waals surface area contributed by atoms with Gasteiger partial charge in [0, 0.05) is 24.1 Å². The van der Waals surface area contributed by atoms with Crippen molar-refractivity contribution in [3.63, 3.8) is 0 Å². The van der Waals surface area contributed by atoms with Crippen LogP contribution in [0.3, 0.4) is 0 Å². The first kappa shape index (κ1) is 20.2. The Morgan fingerprint density at radius 1 is 1.21 bits per heavy atom. The highest BCUT2D eigenvalue weighted by Crippen LogP contribution is 2.27. The van der Waals surface area contributed by atoms with E-state index in [2.05, 4.69) is 15.3 Å². The molecule has 3 aromatic rings. The quantitative estimate of drug-likeness (QED) is 0.549. The molecule has 0 fully saturated rings. The fourth-order valence-corrected chi connectivity index (χ4v) is 2.98. The Bertz CT molecular complexity index is 979. The van der Waals surface area contributed by atoms with Crippen molar-refractivity contribution in [2.24, 2.45) is 5.73 Å². The number of halogens is 3. The average Bonchev–Trinajstić information content (AvgIpc) is 2.65. The van der Waals surface area contributed by atoms with Crippen LogP contribution in [0.25, 0.3) is 11.0 Å². The third-order valence-corrected chi connectivity index (χ3v) is 4.50. The first-order valence-corrected chi connectivity index (χ1v) is 9.28. The van der Waals surface area contributed by atoms with Crippen molar-refractivity contribution in [2.45, 2.75) is 32.4 Å². The van der Waals surface area contributed by atoms with Gasteiger partial charge in [-0.1, -0.05) is 11.6 Å². The molecule has 148 valence electrons. The van der Waals surface area contributed by atoms with E-state index in [0.717, 1.165) is 6.20 Å². The fraction of sp³-hybridized carbons (Fsp3) is 0.300. The minimum atomic E-state index is -0.507. The summed E-state index contributed by atoms with van der Waals surface area (Å²) in [4.78, 5) is 8.20. The minimum Gasteiger partial charge on any atom is -0.493 e. The molecule has 2 aromatic heterocycles. The molecule has 0 bridgehead atoms. The molecule has 3 rings (SSSR count). The van der Waals surface area contributed by atoms with Crippen molar-refractivity contribution in [2.75, 3.05) is 11.9 Å². The third kappa shape index (κ3) is 4.66. The average molecular weight is 407 g/mol. The van der Waals surface area contributed by atoms with E-state index < -0.39 is 5.82 Å². The molecule has 2 heterocycles. The molecule has 0 aliphatic carbocycles. The van der Waals surface area contributed by atoms with E-state index >= 15 is 0 Å². The van der Waals surface area contributed by atoms with Gasteiger partial charge in [0.2, 0.25) is 0 Å². The lowest BCUT2D eigenvalue weighted by molar-refractivity contribution is 0.299. The largest absolute Gasteiger partial charge is 0.493 e. The van der Waals surface area contributed by atoms with Crippen LogP contribution in [0.15, 0.2) is 36.5 Å². The number of nitrogens with one attached hydrogen (secondary N) is 1. The van der Waals surface area contributed by atoms with Crippen LogP contribution in [-0.2, 0) is 0 Å². The van der Waals surface area contributed by atoms with Crippen LogP contribution in [0.2, 0.25) is 5.15 Å². The maximum atomic E-state index is 14.3. The van der Waals surface area contributed by atoms with E-state index in [1.54, 1.807) is 25.1 Å². The maximum absolute atomic E-state index is 14.3. The molecule has 0 aliphatic heterocycles. The summed E-state index contributed by atoms with van der Waals surface area (Å²) < 4.78 is 33.5. The van der Waals surface area contributed by atoms with E-state index in [1.807, 2.05) is 6.92 Å². The normalized spacial score (nSPS) is 13.4. The molecule has 0 radical (unpaired) electrons. The molecule has 1 aromatic carbocycles. The Morgan fingerprint density at radius 2 is 2.00 bits per heavy atom. The first-order valence-electron chi connectivity index (χ1n) is 8.90. The highest BCUT2D eigenvalue weighted by atomic mass is 35.5. The molecular formula is C20H21ClF2N4O. The van der Waals surface area contributed by atoms with Crippen molar-refractivity contribution in [3.05, 3.63) is 58.9 Å². The van der Waals surface area contributed by atoms with Gasteiger partial charge in [0.1, 0.15) is 27.9 Å². The summed E-state index contributed by atoms with van der Waals surface area (Å²) in [6.07, 6.45) is 1.72. The molecule has 0 saturated heterocycles. The van der Waals surface area contributed by atoms with Crippen LogP contribution in [0, 0.1) is 11.6 Å². The number of hydrogen-bond acceptors (Lipinski definition) is 5. The summed E-state index contributed by atoms with van der Waals surface area (Å²) in [5, 5.41) is 3.37. The van der Waals surface area contributed by atoms with Crippen LogP contribution >= 0.6 is 11.6 Å². The number of nitrogens with zero attached hydrogens (tertiary/aromatic N) is 2. The molecule has 5 nitrogen and oxygen atoms in total. The van der Waals surface area contributed by atoms with Crippen molar-refractivity contribution in [1.82, 2.24) is 9.97 Å². The van der Waals surface area contributed by atoms with Crippen molar-refractivity contribution >= 4 is 28.3 Å².